The van der Waals surface area contributed by atoms with Crippen LogP contribution in [0.1, 0.15) is 5.56 Å². The lowest BCUT2D eigenvalue weighted by molar-refractivity contribution is 0.926. The summed E-state index contributed by atoms with van der Waals surface area (Å²) < 4.78 is 0. The third kappa shape index (κ3) is 2.50. The van der Waals surface area contributed by atoms with E-state index in [2.05, 4.69) is 15.0 Å². The van der Waals surface area contributed by atoms with Crippen LogP contribution in [0.15, 0.2) is 23.4 Å². The molecule has 6 heteroatoms. The fourth-order valence-electron chi connectivity index (χ4n) is 1.43. The second kappa shape index (κ2) is 4.89. The van der Waals surface area contributed by atoms with Gasteiger partial charge >= 0.3 is 0 Å². The Kier molecular flexibility index (Phi) is 3.49. The summed E-state index contributed by atoms with van der Waals surface area (Å²) in [6.45, 7) is 1.93. The van der Waals surface area contributed by atoms with E-state index in [1.807, 2.05) is 31.4 Å². The van der Waals surface area contributed by atoms with Crippen molar-refractivity contribution >= 4 is 29.3 Å². The fraction of sp³-hybridized carbons (Fsp3) is 0.182. The summed E-state index contributed by atoms with van der Waals surface area (Å²) >= 11 is 7.50. The van der Waals surface area contributed by atoms with Gasteiger partial charge in [0.2, 0.25) is 5.95 Å². The van der Waals surface area contributed by atoms with Gasteiger partial charge in [0.05, 0.1) is 0 Å². The molecule has 0 atom stereocenters. The highest BCUT2D eigenvalue weighted by atomic mass is 35.5. The summed E-state index contributed by atoms with van der Waals surface area (Å²) in [5.41, 5.74) is 7.47. The van der Waals surface area contributed by atoms with Gasteiger partial charge in [-0.3, -0.25) is 0 Å². The van der Waals surface area contributed by atoms with Crippen LogP contribution in [0.25, 0.3) is 11.4 Å². The Balaban J connectivity index is 2.60. The van der Waals surface area contributed by atoms with Crippen LogP contribution in [0.3, 0.4) is 0 Å². The number of hydrogen-bond acceptors (Lipinski definition) is 5. The van der Waals surface area contributed by atoms with Crippen LogP contribution < -0.4 is 5.73 Å². The van der Waals surface area contributed by atoms with Gasteiger partial charge in [-0.2, -0.15) is 9.97 Å². The highest BCUT2D eigenvalue weighted by molar-refractivity contribution is 7.98. The van der Waals surface area contributed by atoms with E-state index in [1.165, 1.54) is 11.8 Å². The maximum absolute atomic E-state index is 6.07. The highest BCUT2D eigenvalue weighted by Gasteiger charge is 2.10. The molecule has 2 N–H and O–H groups in total. The van der Waals surface area contributed by atoms with Gasteiger partial charge in [-0.25, -0.2) is 4.98 Å². The topological polar surface area (TPSA) is 64.7 Å². The first-order chi connectivity index (χ1) is 8.11. The van der Waals surface area contributed by atoms with Crippen LogP contribution in [-0.2, 0) is 0 Å². The normalized spacial score (nSPS) is 10.5. The van der Waals surface area contributed by atoms with Gasteiger partial charge in [-0.1, -0.05) is 35.5 Å². The maximum Gasteiger partial charge on any atom is 0.224 e. The van der Waals surface area contributed by atoms with E-state index in [0.29, 0.717) is 16.0 Å². The molecule has 2 rings (SSSR count). The molecule has 0 bridgehead atoms. The van der Waals surface area contributed by atoms with E-state index in [-0.39, 0.29) is 5.95 Å². The molecule has 0 saturated carbocycles. The Morgan fingerprint density at radius 3 is 2.71 bits per heavy atom. The van der Waals surface area contributed by atoms with Crippen molar-refractivity contribution < 1.29 is 0 Å². The van der Waals surface area contributed by atoms with Gasteiger partial charge in [0.25, 0.3) is 0 Å². The van der Waals surface area contributed by atoms with Gasteiger partial charge in [0, 0.05) is 10.6 Å². The second-order valence-electron chi connectivity index (χ2n) is 3.42. The fourth-order valence-corrected chi connectivity index (χ4v) is 1.97. The molecule has 0 unspecified atom stereocenters. The van der Waals surface area contributed by atoms with Crippen molar-refractivity contribution in [1.82, 2.24) is 15.0 Å². The minimum atomic E-state index is 0.221. The average molecular weight is 267 g/mol. The molecule has 0 fully saturated rings. The molecule has 88 valence electrons. The number of halogens is 1. The molecule has 0 spiro atoms. The van der Waals surface area contributed by atoms with Crippen LogP contribution in [-0.4, -0.2) is 21.2 Å². The molecule has 0 aliphatic heterocycles. The third-order valence-corrected chi connectivity index (χ3v) is 3.28. The predicted octanol–water partition coefficient (Wildman–Crippen LogP) is 2.80. The molecular weight excluding hydrogens is 256 g/mol. The lowest BCUT2D eigenvalue weighted by atomic mass is 10.1. The zero-order valence-corrected chi connectivity index (χ0v) is 11.0. The Labute approximate surface area is 109 Å². The number of nitrogen functional groups attached to an aromatic ring is 1. The Morgan fingerprint density at radius 2 is 2.00 bits per heavy atom. The van der Waals surface area contributed by atoms with Crippen molar-refractivity contribution in [2.24, 2.45) is 0 Å². The minimum absolute atomic E-state index is 0.221. The summed E-state index contributed by atoms with van der Waals surface area (Å²) in [4.78, 5) is 12.5. The molecule has 0 saturated heterocycles. The molecule has 1 heterocycles. The molecule has 1 aromatic heterocycles. The number of aromatic nitrogens is 3. The number of thioether (sulfide) groups is 1. The van der Waals surface area contributed by atoms with E-state index in [9.17, 15) is 0 Å². The van der Waals surface area contributed by atoms with Crippen molar-refractivity contribution in [1.29, 1.82) is 0 Å². The summed E-state index contributed by atoms with van der Waals surface area (Å²) in [6, 6.07) is 5.61. The molecular formula is C11H11ClN4S. The van der Waals surface area contributed by atoms with Gasteiger partial charge in [-0.05, 0) is 24.8 Å². The number of hydrogen-bond donors (Lipinski definition) is 1. The summed E-state index contributed by atoms with van der Waals surface area (Å²) in [5, 5.41) is 1.29. The smallest absolute Gasteiger partial charge is 0.224 e. The van der Waals surface area contributed by atoms with E-state index in [1.54, 1.807) is 0 Å². The minimum Gasteiger partial charge on any atom is -0.368 e. The zero-order chi connectivity index (χ0) is 12.4. The first-order valence-corrected chi connectivity index (χ1v) is 6.53. The number of anilines is 1. The van der Waals surface area contributed by atoms with Crippen molar-refractivity contribution in [3.05, 3.63) is 28.8 Å². The first kappa shape index (κ1) is 12.1. The van der Waals surface area contributed by atoms with Gasteiger partial charge in [0.1, 0.15) is 0 Å². The van der Waals surface area contributed by atoms with Crippen LogP contribution in [0.5, 0.6) is 0 Å². The monoisotopic (exact) mass is 266 g/mol. The van der Waals surface area contributed by atoms with Crippen LogP contribution in [0.4, 0.5) is 5.95 Å². The van der Waals surface area contributed by atoms with E-state index >= 15 is 0 Å². The SMILES string of the molecule is CSc1nc(N)nc(-c2cccc(Cl)c2C)n1. The predicted molar refractivity (Wildman–Crippen MR) is 71.2 cm³/mol. The average Bonchev–Trinajstić information content (AvgIpc) is 2.31. The van der Waals surface area contributed by atoms with Crippen molar-refractivity contribution in [2.75, 3.05) is 12.0 Å². The highest BCUT2D eigenvalue weighted by Crippen LogP contribution is 2.26. The Morgan fingerprint density at radius 1 is 1.24 bits per heavy atom. The van der Waals surface area contributed by atoms with E-state index < -0.39 is 0 Å². The second-order valence-corrected chi connectivity index (χ2v) is 4.60. The molecule has 1 aromatic carbocycles. The molecule has 0 aliphatic carbocycles. The number of benzene rings is 1. The summed E-state index contributed by atoms with van der Waals surface area (Å²) in [5.74, 6) is 0.778. The maximum atomic E-state index is 6.07. The van der Waals surface area contributed by atoms with Gasteiger partial charge < -0.3 is 5.73 Å². The largest absolute Gasteiger partial charge is 0.368 e. The van der Waals surface area contributed by atoms with Crippen LogP contribution in [0.2, 0.25) is 5.02 Å². The molecule has 0 aliphatic rings. The van der Waals surface area contributed by atoms with Gasteiger partial charge in [0.15, 0.2) is 11.0 Å². The van der Waals surface area contributed by atoms with Crippen molar-refractivity contribution in [3.8, 4) is 11.4 Å². The number of rotatable bonds is 2. The lowest BCUT2D eigenvalue weighted by Crippen LogP contribution is -2.02. The Bertz CT molecular complexity index is 559. The molecule has 2 aromatic rings. The van der Waals surface area contributed by atoms with Gasteiger partial charge in [-0.15, -0.1) is 0 Å². The molecule has 0 amide bonds. The molecule has 0 radical (unpaired) electrons. The van der Waals surface area contributed by atoms with E-state index in [0.717, 1.165) is 11.1 Å². The Hall–Kier alpha value is -1.33. The first-order valence-electron chi connectivity index (χ1n) is 4.93. The van der Waals surface area contributed by atoms with Crippen LogP contribution in [0, 0.1) is 6.92 Å². The molecule has 4 nitrogen and oxygen atoms in total. The van der Waals surface area contributed by atoms with Crippen LogP contribution >= 0.6 is 23.4 Å². The zero-order valence-electron chi connectivity index (χ0n) is 9.44. The number of nitrogens with zero attached hydrogens (tertiary/aromatic N) is 3. The summed E-state index contributed by atoms with van der Waals surface area (Å²) in [7, 11) is 0. The lowest BCUT2D eigenvalue weighted by Gasteiger charge is -2.07. The quantitative estimate of drug-likeness (QED) is 0.847. The standard InChI is InChI=1S/C11H11ClN4S/c1-6-7(4-3-5-8(6)12)9-14-10(13)16-11(15-9)17-2/h3-5H,1-2H3,(H2,13,14,15,16). The van der Waals surface area contributed by atoms with E-state index in [4.69, 9.17) is 17.3 Å². The van der Waals surface area contributed by atoms with Crippen molar-refractivity contribution in [2.45, 2.75) is 12.1 Å². The van der Waals surface area contributed by atoms with Crippen molar-refractivity contribution in [3.63, 3.8) is 0 Å². The third-order valence-electron chi connectivity index (χ3n) is 2.32. The number of nitrogens with two attached hydrogens (primary N) is 1. The molecule has 17 heavy (non-hydrogen) atoms. The summed E-state index contributed by atoms with van der Waals surface area (Å²) in [6.07, 6.45) is 1.89.